The minimum Gasteiger partial charge on any atom is -0.494 e. The molecule has 1 atom stereocenters. The number of carboxylic acid groups (broad SMARTS) is 1. The predicted octanol–water partition coefficient (Wildman–Crippen LogP) is 3.42. The predicted molar refractivity (Wildman–Crippen MR) is 97.6 cm³/mol. The fourth-order valence-electron chi connectivity index (χ4n) is 2.33. The number of carbonyl (C=O) groups excluding carboxylic acids is 1. The molecule has 7 heteroatoms. The molecule has 2 aromatic carbocycles. The summed E-state index contributed by atoms with van der Waals surface area (Å²) < 4.78 is 24.2. The molecule has 0 saturated heterocycles. The van der Waals surface area contributed by atoms with Gasteiger partial charge in [0.2, 0.25) is 0 Å². The monoisotopic (exact) mass is 375 g/mol. The van der Waals surface area contributed by atoms with Crippen molar-refractivity contribution in [2.75, 3.05) is 13.7 Å². The van der Waals surface area contributed by atoms with Gasteiger partial charge in [0, 0.05) is 5.56 Å². The lowest BCUT2D eigenvalue weighted by Gasteiger charge is -2.16. The summed E-state index contributed by atoms with van der Waals surface area (Å²) in [6.07, 6.45) is 0. The number of hydrogen-bond acceptors (Lipinski definition) is 4. The van der Waals surface area contributed by atoms with Crippen molar-refractivity contribution >= 4 is 11.9 Å². The molecule has 6 nitrogen and oxygen atoms in total. The van der Waals surface area contributed by atoms with E-state index >= 15 is 0 Å². The van der Waals surface area contributed by atoms with Gasteiger partial charge < -0.3 is 19.9 Å². The minimum absolute atomic E-state index is 0.00815. The first-order valence-corrected chi connectivity index (χ1v) is 8.41. The van der Waals surface area contributed by atoms with Crippen LogP contribution in [0.5, 0.6) is 11.5 Å². The molecular weight excluding hydrogens is 353 g/mol. The number of carbonyl (C=O) groups is 2. The molecule has 2 aromatic rings. The maximum atomic E-state index is 13.9. The summed E-state index contributed by atoms with van der Waals surface area (Å²) in [5, 5.41) is 11.8. The molecule has 0 radical (unpaired) electrons. The van der Waals surface area contributed by atoms with Gasteiger partial charge in [-0.1, -0.05) is 19.9 Å². The second-order valence-electron chi connectivity index (χ2n) is 6.37. The molecule has 1 amide bonds. The van der Waals surface area contributed by atoms with Gasteiger partial charge in [0.25, 0.3) is 5.91 Å². The normalized spacial score (nSPS) is 11.7. The molecule has 1 unspecified atom stereocenters. The van der Waals surface area contributed by atoms with Crippen LogP contribution in [0.15, 0.2) is 42.5 Å². The van der Waals surface area contributed by atoms with Crippen molar-refractivity contribution in [2.24, 2.45) is 5.92 Å². The van der Waals surface area contributed by atoms with E-state index in [1.807, 2.05) is 13.8 Å². The van der Waals surface area contributed by atoms with E-state index in [4.69, 9.17) is 9.47 Å². The quantitative estimate of drug-likeness (QED) is 0.738. The van der Waals surface area contributed by atoms with Gasteiger partial charge in [-0.2, -0.15) is 0 Å². The molecule has 0 aromatic heterocycles. The second-order valence-corrected chi connectivity index (χ2v) is 6.37. The first-order chi connectivity index (χ1) is 12.8. The second kappa shape index (κ2) is 9.02. The van der Waals surface area contributed by atoms with Crippen LogP contribution < -0.4 is 14.8 Å². The van der Waals surface area contributed by atoms with Gasteiger partial charge in [0.15, 0.2) is 17.6 Å². The lowest BCUT2D eigenvalue weighted by molar-refractivity contribution is -0.139. The first-order valence-electron chi connectivity index (χ1n) is 8.41. The van der Waals surface area contributed by atoms with Crippen molar-refractivity contribution in [3.8, 4) is 11.5 Å². The number of rotatable bonds is 8. The molecule has 2 rings (SSSR count). The van der Waals surface area contributed by atoms with Gasteiger partial charge in [0.05, 0.1) is 13.7 Å². The number of aliphatic carboxylic acids is 1. The lowest BCUT2D eigenvalue weighted by atomic mass is 10.1. The molecule has 144 valence electrons. The molecule has 0 aliphatic rings. The molecule has 0 aliphatic carbocycles. The van der Waals surface area contributed by atoms with E-state index in [9.17, 15) is 19.1 Å². The van der Waals surface area contributed by atoms with E-state index in [1.54, 1.807) is 24.3 Å². The van der Waals surface area contributed by atoms with Gasteiger partial charge in [-0.05, 0) is 47.9 Å². The highest BCUT2D eigenvalue weighted by Gasteiger charge is 2.24. The Kier molecular flexibility index (Phi) is 6.76. The maximum absolute atomic E-state index is 13.9. The summed E-state index contributed by atoms with van der Waals surface area (Å²) in [7, 11) is 1.31. The van der Waals surface area contributed by atoms with Gasteiger partial charge in [-0.3, -0.25) is 4.79 Å². The molecule has 0 heterocycles. The number of ether oxygens (including phenoxy) is 2. The summed E-state index contributed by atoms with van der Waals surface area (Å²) in [5.74, 6) is -1.62. The number of methoxy groups -OCH3 is 1. The largest absolute Gasteiger partial charge is 0.494 e. The fourth-order valence-corrected chi connectivity index (χ4v) is 2.33. The minimum atomic E-state index is -1.39. The van der Waals surface area contributed by atoms with Crippen LogP contribution in [0.25, 0.3) is 0 Å². The van der Waals surface area contributed by atoms with Crippen LogP contribution in [0.3, 0.4) is 0 Å². The van der Waals surface area contributed by atoms with Crippen molar-refractivity contribution < 1.29 is 28.6 Å². The first kappa shape index (κ1) is 20.2. The van der Waals surface area contributed by atoms with Crippen molar-refractivity contribution in [3.63, 3.8) is 0 Å². The molecule has 0 fully saturated rings. The summed E-state index contributed by atoms with van der Waals surface area (Å²) >= 11 is 0. The Hall–Kier alpha value is -3.09. The highest BCUT2D eigenvalue weighted by atomic mass is 19.1. The zero-order valence-electron chi connectivity index (χ0n) is 15.4. The molecule has 2 N–H and O–H groups in total. The van der Waals surface area contributed by atoms with Crippen LogP contribution in [0.2, 0.25) is 0 Å². The van der Waals surface area contributed by atoms with E-state index < -0.39 is 23.7 Å². The van der Waals surface area contributed by atoms with Gasteiger partial charge in [-0.15, -0.1) is 0 Å². The molecule has 27 heavy (non-hydrogen) atoms. The summed E-state index contributed by atoms with van der Waals surface area (Å²) in [5.41, 5.74) is 0.373. The third kappa shape index (κ3) is 5.44. The van der Waals surface area contributed by atoms with Crippen molar-refractivity contribution in [3.05, 3.63) is 59.4 Å². The molecule has 0 saturated carbocycles. The Morgan fingerprint density at radius 1 is 1.15 bits per heavy atom. The van der Waals surface area contributed by atoms with Crippen LogP contribution in [-0.4, -0.2) is 30.7 Å². The van der Waals surface area contributed by atoms with Crippen LogP contribution in [0, 0.1) is 11.7 Å². The van der Waals surface area contributed by atoms with Gasteiger partial charge in [-0.25, -0.2) is 9.18 Å². The zero-order chi connectivity index (χ0) is 20.0. The number of benzene rings is 2. The topological polar surface area (TPSA) is 84.9 Å². The van der Waals surface area contributed by atoms with E-state index in [2.05, 4.69) is 5.32 Å². The summed E-state index contributed by atoms with van der Waals surface area (Å²) in [6.45, 7) is 4.60. The number of hydrogen-bond donors (Lipinski definition) is 2. The average Bonchev–Trinajstić information content (AvgIpc) is 2.64. The Labute approximate surface area is 156 Å². The fraction of sp³-hybridized carbons (Fsp3) is 0.300. The molecule has 0 bridgehead atoms. The van der Waals surface area contributed by atoms with Crippen LogP contribution >= 0.6 is 0 Å². The van der Waals surface area contributed by atoms with Crippen molar-refractivity contribution in [1.82, 2.24) is 5.32 Å². The van der Waals surface area contributed by atoms with Crippen LogP contribution in [-0.2, 0) is 4.79 Å². The Morgan fingerprint density at radius 2 is 1.81 bits per heavy atom. The van der Waals surface area contributed by atoms with Crippen LogP contribution in [0.4, 0.5) is 4.39 Å². The number of amides is 1. The van der Waals surface area contributed by atoms with E-state index in [0.717, 1.165) is 6.07 Å². The van der Waals surface area contributed by atoms with Crippen molar-refractivity contribution in [2.45, 2.75) is 19.9 Å². The Balaban J connectivity index is 2.13. The Morgan fingerprint density at radius 3 is 2.33 bits per heavy atom. The molecule has 0 spiro atoms. The summed E-state index contributed by atoms with van der Waals surface area (Å²) in [6, 6.07) is 8.70. The number of nitrogens with one attached hydrogen (secondary N) is 1. The zero-order valence-corrected chi connectivity index (χ0v) is 15.4. The highest BCUT2D eigenvalue weighted by Crippen LogP contribution is 2.23. The SMILES string of the molecule is COc1ccc(C(NC(=O)c2ccc(OCC(C)C)cc2)C(=O)O)cc1F. The third-order valence-electron chi connectivity index (χ3n) is 3.73. The van der Waals surface area contributed by atoms with E-state index in [-0.39, 0.29) is 16.9 Å². The highest BCUT2D eigenvalue weighted by molar-refractivity contribution is 5.96. The number of carboxylic acids is 1. The standard InChI is InChI=1S/C20H22FNO5/c1-12(2)11-27-15-7-4-13(5-8-15)19(23)22-18(20(24)25)14-6-9-17(26-3)16(21)10-14/h4-10,12,18H,11H2,1-3H3,(H,22,23)(H,24,25). The summed E-state index contributed by atoms with van der Waals surface area (Å²) in [4.78, 5) is 23.9. The Bertz CT molecular complexity index is 805. The van der Waals surface area contributed by atoms with E-state index in [0.29, 0.717) is 18.3 Å². The van der Waals surface area contributed by atoms with Gasteiger partial charge >= 0.3 is 5.97 Å². The maximum Gasteiger partial charge on any atom is 0.330 e. The molecule has 0 aliphatic heterocycles. The molecular formula is C20H22FNO5. The lowest BCUT2D eigenvalue weighted by Crippen LogP contribution is -2.33. The van der Waals surface area contributed by atoms with Crippen LogP contribution in [0.1, 0.15) is 35.8 Å². The number of halogens is 1. The smallest absolute Gasteiger partial charge is 0.330 e. The van der Waals surface area contributed by atoms with Gasteiger partial charge in [0.1, 0.15) is 5.75 Å². The van der Waals surface area contributed by atoms with Crippen molar-refractivity contribution in [1.29, 1.82) is 0 Å². The average molecular weight is 375 g/mol. The van der Waals surface area contributed by atoms with E-state index in [1.165, 1.54) is 19.2 Å². The third-order valence-corrected chi connectivity index (χ3v) is 3.73.